The monoisotopic (exact) mass is 265 g/mol. The molecule has 1 aromatic carbocycles. The number of hydrogen-bond acceptors (Lipinski definition) is 2. The maximum absolute atomic E-state index is 11.9. The maximum Gasteiger partial charge on any atom is 0.144 e. The molecule has 1 rings (SSSR count). The van der Waals surface area contributed by atoms with E-state index >= 15 is 0 Å². The van der Waals surface area contributed by atoms with Crippen LogP contribution in [0.3, 0.4) is 0 Å². The van der Waals surface area contributed by atoms with Crippen molar-refractivity contribution in [1.82, 2.24) is 0 Å². The zero-order valence-electron chi connectivity index (χ0n) is 11.9. The zero-order valence-corrected chi connectivity index (χ0v) is 12.8. The van der Waals surface area contributed by atoms with E-state index in [1.54, 1.807) is 0 Å². The third kappa shape index (κ3) is 5.23. The van der Waals surface area contributed by atoms with Crippen molar-refractivity contribution in [2.24, 2.45) is 9.81 Å². The van der Waals surface area contributed by atoms with Gasteiger partial charge >= 0.3 is 0 Å². The second-order valence-electron chi connectivity index (χ2n) is 6.25. The van der Waals surface area contributed by atoms with Crippen LogP contribution in [-0.4, -0.2) is 15.5 Å². The first-order valence-electron chi connectivity index (χ1n) is 6.22. The molecule has 2 nitrogen and oxygen atoms in total. The van der Waals surface area contributed by atoms with Gasteiger partial charge in [-0.2, -0.15) is 0 Å². The highest BCUT2D eigenvalue weighted by atomic mass is 32.2. The van der Waals surface area contributed by atoms with Crippen LogP contribution in [0.15, 0.2) is 34.7 Å². The van der Waals surface area contributed by atoms with E-state index in [0.717, 1.165) is 6.42 Å². The minimum Gasteiger partial charge on any atom is -0.591 e. The molecule has 0 radical (unpaired) electrons. The molecule has 0 saturated heterocycles. The van der Waals surface area contributed by atoms with Gasteiger partial charge in [0, 0.05) is 5.41 Å². The van der Waals surface area contributed by atoms with Crippen LogP contribution in [-0.2, 0) is 17.8 Å². The van der Waals surface area contributed by atoms with Gasteiger partial charge in [0.15, 0.2) is 0 Å². The van der Waals surface area contributed by atoms with Gasteiger partial charge in [-0.25, -0.2) is 0 Å². The molecule has 0 saturated carbocycles. The Kier molecular flexibility index (Phi) is 5.00. The van der Waals surface area contributed by atoms with Crippen molar-refractivity contribution in [2.45, 2.75) is 45.8 Å². The Balaban J connectivity index is 2.68. The van der Waals surface area contributed by atoms with Crippen molar-refractivity contribution < 1.29 is 4.55 Å². The lowest BCUT2D eigenvalue weighted by atomic mass is 9.87. The van der Waals surface area contributed by atoms with Crippen LogP contribution < -0.4 is 0 Å². The summed E-state index contributed by atoms with van der Waals surface area (Å²) in [5.74, 6) is 0. The van der Waals surface area contributed by atoms with E-state index < -0.39 is 11.4 Å². The van der Waals surface area contributed by atoms with Gasteiger partial charge in [0.2, 0.25) is 0 Å². The zero-order chi connectivity index (χ0) is 13.8. The average molecular weight is 265 g/mol. The van der Waals surface area contributed by atoms with E-state index in [9.17, 15) is 4.55 Å². The van der Waals surface area contributed by atoms with Crippen molar-refractivity contribution in [1.29, 1.82) is 0 Å². The molecule has 3 heteroatoms. The Hall–Kier alpha value is -0.800. The number of benzene rings is 1. The average Bonchev–Trinajstić information content (AvgIpc) is 2.25. The van der Waals surface area contributed by atoms with Crippen LogP contribution in [0.1, 0.15) is 40.2 Å². The van der Waals surface area contributed by atoms with Crippen molar-refractivity contribution in [3.63, 3.8) is 0 Å². The summed E-state index contributed by atoms with van der Waals surface area (Å²) in [6.07, 6.45) is 2.74. The number of rotatable bonds is 4. The fourth-order valence-corrected chi connectivity index (χ4v) is 2.21. The fourth-order valence-electron chi connectivity index (χ4n) is 1.52. The standard InChI is InChI=1S/C15H23NOS/c1-14(2,3)18(17)16-12-15(4,5)11-13-9-7-6-8-10-13/h6-10,12H,11H2,1-5H3/b16-12-. The molecule has 1 aromatic rings. The van der Waals surface area contributed by atoms with Crippen LogP contribution in [0.25, 0.3) is 0 Å². The predicted molar refractivity (Wildman–Crippen MR) is 80.3 cm³/mol. The van der Waals surface area contributed by atoms with Crippen LogP contribution in [0, 0.1) is 5.41 Å². The highest BCUT2D eigenvalue weighted by Crippen LogP contribution is 2.22. The van der Waals surface area contributed by atoms with Gasteiger partial charge in [-0.05, 0) is 32.8 Å². The van der Waals surface area contributed by atoms with Crippen LogP contribution in [0.2, 0.25) is 0 Å². The third-order valence-corrected chi connectivity index (χ3v) is 3.87. The van der Waals surface area contributed by atoms with E-state index in [-0.39, 0.29) is 10.2 Å². The van der Waals surface area contributed by atoms with Gasteiger partial charge in [-0.1, -0.05) is 48.6 Å². The van der Waals surface area contributed by atoms with Gasteiger partial charge in [0.25, 0.3) is 0 Å². The molecular formula is C15H23NOS. The van der Waals surface area contributed by atoms with E-state index in [1.165, 1.54) is 5.56 Å². The number of nitrogens with zero attached hydrogens (tertiary/aromatic N) is 1. The largest absolute Gasteiger partial charge is 0.591 e. The molecule has 0 aliphatic rings. The van der Waals surface area contributed by atoms with Crippen LogP contribution >= 0.6 is 0 Å². The predicted octanol–water partition coefficient (Wildman–Crippen LogP) is 3.79. The van der Waals surface area contributed by atoms with Gasteiger partial charge in [0.05, 0.1) is 6.21 Å². The van der Waals surface area contributed by atoms with Gasteiger partial charge in [0.1, 0.15) is 16.1 Å². The highest BCUT2D eigenvalue weighted by molar-refractivity contribution is 7.91. The SMILES string of the molecule is CC(C)(/C=N\[S+]([O-])C(C)(C)C)Cc1ccccc1. The summed E-state index contributed by atoms with van der Waals surface area (Å²) in [7, 11) is 0. The smallest absolute Gasteiger partial charge is 0.144 e. The Morgan fingerprint density at radius 1 is 1.11 bits per heavy atom. The van der Waals surface area contributed by atoms with E-state index in [4.69, 9.17) is 0 Å². The number of hydrogen-bond donors (Lipinski definition) is 0. The van der Waals surface area contributed by atoms with Gasteiger partial charge < -0.3 is 4.55 Å². The summed E-state index contributed by atoms with van der Waals surface area (Å²) in [5, 5.41) is 0. The van der Waals surface area contributed by atoms with Crippen molar-refractivity contribution in [3.8, 4) is 0 Å². The lowest BCUT2D eigenvalue weighted by Crippen LogP contribution is -2.27. The summed E-state index contributed by atoms with van der Waals surface area (Å²) < 4.78 is 15.8. The Bertz CT molecular complexity index is 393. The summed E-state index contributed by atoms with van der Waals surface area (Å²) in [6, 6.07) is 10.3. The summed E-state index contributed by atoms with van der Waals surface area (Å²) in [6.45, 7) is 10.0. The summed E-state index contributed by atoms with van der Waals surface area (Å²) in [5.41, 5.74) is 1.19. The third-order valence-electron chi connectivity index (χ3n) is 2.52. The normalized spacial score (nSPS) is 15.0. The van der Waals surface area contributed by atoms with Crippen molar-refractivity contribution in [3.05, 3.63) is 35.9 Å². The van der Waals surface area contributed by atoms with Gasteiger partial charge in [-0.3, -0.25) is 0 Å². The molecule has 1 atom stereocenters. The molecule has 0 aliphatic carbocycles. The Morgan fingerprint density at radius 2 is 1.67 bits per heavy atom. The van der Waals surface area contributed by atoms with E-state index in [2.05, 4.69) is 30.4 Å². The second kappa shape index (κ2) is 5.89. The fraction of sp³-hybridized carbons (Fsp3) is 0.533. The Morgan fingerprint density at radius 3 is 2.17 bits per heavy atom. The molecular weight excluding hydrogens is 242 g/mol. The molecule has 0 fully saturated rings. The van der Waals surface area contributed by atoms with Crippen LogP contribution in [0.4, 0.5) is 0 Å². The lowest BCUT2D eigenvalue weighted by molar-refractivity contribution is 0.530. The topological polar surface area (TPSA) is 35.4 Å². The highest BCUT2D eigenvalue weighted by Gasteiger charge is 2.27. The van der Waals surface area contributed by atoms with E-state index in [1.807, 2.05) is 45.2 Å². The minimum atomic E-state index is -1.17. The molecule has 0 heterocycles. The molecule has 100 valence electrons. The van der Waals surface area contributed by atoms with Crippen LogP contribution in [0.5, 0.6) is 0 Å². The first kappa shape index (κ1) is 15.3. The Labute approximate surface area is 114 Å². The van der Waals surface area contributed by atoms with E-state index in [0.29, 0.717) is 0 Å². The summed E-state index contributed by atoms with van der Waals surface area (Å²) >= 11 is -1.17. The minimum absolute atomic E-state index is 0.0811. The van der Waals surface area contributed by atoms with Gasteiger partial charge in [-0.15, -0.1) is 0 Å². The lowest BCUT2D eigenvalue weighted by Gasteiger charge is -2.22. The molecule has 1 unspecified atom stereocenters. The quantitative estimate of drug-likeness (QED) is 0.602. The molecule has 0 N–H and O–H groups in total. The molecule has 0 aromatic heterocycles. The van der Waals surface area contributed by atoms with Crippen molar-refractivity contribution >= 4 is 17.6 Å². The molecule has 0 amide bonds. The summed E-state index contributed by atoms with van der Waals surface area (Å²) in [4.78, 5) is 0. The first-order chi connectivity index (χ1) is 8.21. The second-order valence-corrected chi connectivity index (χ2v) is 8.18. The van der Waals surface area contributed by atoms with Crippen molar-refractivity contribution in [2.75, 3.05) is 0 Å². The molecule has 0 bridgehead atoms. The molecule has 0 aliphatic heterocycles. The molecule has 18 heavy (non-hydrogen) atoms. The maximum atomic E-state index is 11.9. The molecule has 0 spiro atoms. The first-order valence-corrected chi connectivity index (χ1v) is 7.32.